The number of benzene rings is 1. The molecule has 1 aromatic rings. The highest BCUT2D eigenvalue weighted by Crippen LogP contribution is 2.43. The molecule has 1 aliphatic carbocycles. The molecule has 0 N–H and O–H groups in total. The lowest BCUT2D eigenvalue weighted by Crippen LogP contribution is -2.42. The lowest BCUT2D eigenvalue weighted by molar-refractivity contribution is 0.00191. The molecule has 0 bridgehead atoms. The van der Waals surface area contributed by atoms with Crippen molar-refractivity contribution in [2.45, 2.75) is 58.5 Å². The first-order valence-electron chi connectivity index (χ1n) is 9.02. The second-order valence-corrected chi connectivity index (χ2v) is 7.69. The molecule has 1 aliphatic rings. The van der Waals surface area contributed by atoms with E-state index in [1.165, 1.54) is 18.4 Å². The minimum Gasteiger partial charge on any atom is -0.504 e. The minimum atomic E-state index is 0.107. The van der Waals surface area contributed by atoms with Crippen LogP contribution in [0.5, 0.6) is 0 Å². The van der Waals surface area contributed by atoms with Crippen molar-refractivity contribution in [3.05, 3.63) is 60.1 Å². The Morgan fingerprint density at radius 2 is 1.88 bits per heavy atom. The molecule has 132 valence electrons. The summed E-state index contributed by atoms with van der Waals surface area (Å²) in [4.78, 5) is 0. The van der Waals surface area contributed by atoms with Crippen LogP contribution in [0.3, 0.4) is 0 Å². The summed E-state index contributed by atoms with van der Waals surface area (Å²) in [6.45, 7) is 9.10. The van der Waals surface area contributed by atoms with Crippen molar-refractivity contribution in [3.63, 3.8) is 0 Å². The van der Waals surface area contributed by atoms with E-state index in [1.54, 1.807) is 13.4 Å². The first-order chi connectivity index (χ1) is 11.4. The van der Waals surface area contributed by atoms with E-state index in [4.69, 9.17) is 9.47 Å². The average Bonchev–Trinajstić information content (AvgIpc) is 2.58. The van der Waals surface area contributed by atoms with Crippen molar-refractivity contribution in [2.75, 3.05) is 7.11 Å². The Balaban J connectivity index is 2.18. The van der Waals surface area contributed by atoms with Gasteiger partial charge in [0.2, 0.25) is 0 Å². The Hall–Kier alpha value is -1.70. The highest BCUT2D eigenvalue weighted by molar-refractivity contribution is 5.25. The van der Waals surface area contributed by atoms with E-state index < -0.39 is 0 Å². The summed E-state index contributed by atoms with van der Waals surface area (Å²) in [6.07, 6.45) is 9.40. The Bertz CT molecular complexity index is 557. The van der Waals surface area contributed by atoms with Crippen molar-refractivity contribution in [2.24, 2.45) is 11.8 Å². The molecule has 2 heteroatoms. The van der Waals surface area contributed by atoms with Crippen LogP contribution in [0.4, 0.5) is 0 Å². The molecule has 0 unspecified atom stereocenters. The zero-order valence-electron chi connectivity index (χ0n) is 15.8. The first kappa shape index (κ1) is 18.6. The lowest BCUT2D eigenvalue weighted by atomic mass is 9.64. The number of methoxy groups -OCH3 is 1. The second-order valence-electron chi connectivity index (χ2n) is 7.69. The van der Waals surface area contributed by atoms with Crippen LogP contribution in [0.15, 0.2) is 54.5 Å². The van der Waals surface area contributed by atoms with Crippen molar-refractivity contribution in [1.29, 1.82) is 0 Å². The largest absolute Gasteiger partial charge is 0.504 e. The summed E-state index contributed by atoms with van der Waals surface area (Å²) in [7, 11) is 1.66. The van der Waals surface area contributed by atoms with Gasteiger partial charge in [-0.3, -0.25) is 0 Å². The maximum atomic E-state index is 6.26. The Kier molecular flexibility index (Phi) is 6.53. The highest BCUT2D eigenvalue weighted by Gasteiger charge is 2.40. The van der Waals surface area contributed by atoms with E-state index in [0.717, 1.165) is 17.9 Å². The highest BCUT2D eigenvalue weighted by atomic mass is 16.5. The summed E-state index contributed by atoms with van der Waals surface area (Å²) in [5.74, 6) is 1.24. The van der Waals surface area contributed by atoms with Crippen LogP contribution in [0, 0.1) is 11.8 Å². The molecule has 1 fully saturated rings. The van der Waals surface area contributed by atoms with E-state index in [9.17, 15) is 0 Å². The smallest absolute Gasteiger partial charge is 0.102 e. The third kappa shape index (κ3) is 4.66. The number of hydrogen-bond donors (Lipinski definition) is 0. The summed E-state index contributed by atoms with van der Waals surface area (Å²) in [5, 5.41) is 0. The second kappa shape index (κ2) is 8.41. The van der Waals surface area contributed by atoms with Gasteiger partial charge in [-0.2, -0.15) is 0 Å². The Morgan fingerprint density at radius 3 is 2.54 bits per heavy atom. The normalized spacial score (nSPS) is 25.7. The van der Waals surface area contributed by atoms with Crippen LogP contribution >= 0.6 is 0 Å². The van der Waals surface area contributed by atoms with Gasteiger partial charge >= 0.3 is 0 Å². The number of hydrogen-bond acceptors (Lipinski definition) is 2. The monoisotopic (exact) mass is 328 g/mol. The molecule has 0 spiro atoms. The molecule has 0 radical (unpaired) electrons. The summed E-state index contributed by atoms with van der Waals surface area (Å²) < 4.78 is 11.2. The Morgan fingerprint density at radius 1 is 1.17 bits per heavy atom. The van der Waals surface area contributed by atoms with Gasteiger partial charge < -0.3 is 9.47 Å². The van der Waals surface area contributed by atoms with Crippen molar-refractivity contribution in [1.82, 2.24) is 0 Å². The fraction of sp³-hybridized carbons (Fsp3) is 0.545. The predicted molar refractivity (Wildman–Crippen MR) is 101 cm³/mol. The molecule has 0 amide bonds. The van der Waals surface area contributed by atoms with Crippen LogP contribution in [0.1, 0.15) is 52.5 Å². The molecule has 24 heavy (non-hydrogen) atoms. The van der Waals surface area contributed by atoms with Gasteiger partial charge in [0.05, 0.1) is 19.6 Å². The number of ether oxygens (including phenoxy) is 2. The van der Waals surface area contributed by atoms with Gasteiger partial charge in [-0.1, -0.05) is 57.5 Å². The van der Waals surface area contributed by atoms with Gasteiger partial charge in [-0.15, -0.1) is 0 Å². The minimum absolute atomic E-state index is 0.107. The number of allylic oxidation sites excluding steroid dienone is 2. The average molecular weight is 328 g/mol. The lowest BCUT2D eigenvalue weighted by Gasteiger charge is -2.44. The van der Waals surface area contributed by atoms with E-state index in [-0.39, 0.29) is 11.5 Å². The molecular weight excluding hydrogens is 296 g/mol. The molecule has 1 saturated carbocycles. The quantitative estimate of drug-likeness (QED) is 0.482. The van der Waals surface area contributed by atoms with Crippen LogP contribution in [-0.2, 0) is 14.9 Å². The van der Waals surface area contributed by atoms with Crippen LogP contribution < -0.4 is 0 Å². The summed E-state index contributed by atoms with van der Waals surface area (Å²) in [6, 6.07) is 10.9. The third-order valence-corrected chi connectivity index (χ3v) is 5.39. The number of rotatable bonds is 6. The van der Waals surface area contributed by atoms with Crippen LogP contribution in [0.25, 0.3) is 0 Å². The van der Waals surface area contributed by atoms with Crippen LogP contribution in [0.2, 0.25) is 0 Å². The fourth-order valence-corrected chi connectivity index (χ4v) is 3.80. The van der Waals surface area contributed by atoms with Gasteiger partial charge in [0, 0.05) is 5.92 Å². The van der Waals surface area contributed by atoms with E-state index in [0.29, 0.717) is 5.92 Å². The topological polar surface area (TPSA) is 18.5 Å². The Labute approximate surface area is 147 Å². The van der Waals surface area contributed by atoms with Gasteiger partial charge in [0.15, 0.2) is 0 Å². The molecule has 0 heterocycles. The summed E-state index contributed by atoms with van der Waals surface area (Å²) >= 11 is 0. The van der Waals surface area contributed by atoms with Gasteiger partial charge in [0.1, 0.15) is 6.10 Å². The van der Waals surface area contributed by atoms with Crippen molar-refractivity contribution in [3.8, 4) is 0 Å². The standard InChI is InChI=1S/C22H32O2/c1-17-11-12-20(22(3,4)19-9-7-6-8-10-19)21(15-17)24-16-18(2)13-14-23-5/h6-10,13-14,16-17,20-21H,11-12,15H2,1-5H3/b14-13+,18-16-/t17-,20-,21-/m1/s1. The van der Waals surface area contributed by atoms with Gasteiger partial charge in [-0.25, -0.2) is 0 Å². The summed E-state index contributed by atoms with van der Waals surface area (Å²) in [5.41, 5.74) is 2.58. The third-order valence-electron chi connectivity index (χ3n) is 5.39. The zero-order valence-corrected chi connectivity index (χ0v) is 15.8. The van der Waals surface area contributed by atoms with Crippen LogP contribution in [-0.4, -0.2) is 13.2 Å². The maximum Gasteiger partial charge on any atom is 0.102 e. The fourth-order valence-electron chi connectivity index (χ4n) is 3.80. The molecule has 2 nitrogen and oxygen atoms in total. The predicted octanol–water partition coefficient (Wildman–Crippen LogP) is 5.85. The SMILES string of the molecule is CO/C=C/C(C)=C\O[C@@H]1C[C@H](C)CC[C@H]1C(C)(C)c1ccccc1. The molecule has 0 saturated heterocycles. The molecule has 0 aliphatic heterocycles. The maximum absolute atomic E-state index is 6.26. The van der Waals surface area contributed by atoms with Gasteiger partial charge in [-0.05, 0) is 48.3 Å². The molecule has 2 rings (SSSR count). The van der Waals surface area contributed by atoms with E-state index in [2.05, 4.69) is 51.1 Å². The molecular formula is C22H32O2. The molecule has 3 atom stereocenters. The molecule has 1 aromatic carbocycles. The van der Waals surface area contributed by atoms with E-state index >= 15 is 0 Å². The van der Waals surface area contributed by atoms with E-state index in [1.807, 2.05) is 19.3 Å². The van der Waals surface area contributed by atoms with Crippen molar-refractivity contribution < 1.29 is 9.47 Å². The van der Waals surface area contributed by atoms with Crippen molar-refractivity contribution >= 4 is 0 Å². The zero-order chi connectivity index (χ0) is 17.6. The van der Waals surface area contributed by atoms with Gasteiger partial charge in [0.25, 0.3) is 0 Å². The first-order valence-corrected chi connectivity index (χ1v) is 9.02. The molecule has 0 aromatic heterocycles.